The number of hydrogen-bond acceptors (Lipinski definition) is 11. The van der Waals surface area contributed by atoms with E-state index in [1.165, 1.54) is 41.6 Å². The maximum atomic E-state index is 12.8. The average molecular weight is 1050 g/mol. The van der Waals surface area contributed by atoms with Crippen molar-refractivity contribution >= 4 is 45.6 Å². The molecular weight excluding hydrogens is 975 g/mol. The maximum absolute atomic E-state index is 12.8. The summed E-state index contributed by atoms with van der Waals surface area (Å²) >= 11 is 0. The molecule has 0 fully saturated rings. The van der Waals surface area contributed by atoms with Crippen molar-refractivity contribution < 1.29 is 18.8 Å². The number of oxime groups is 2. The van der Waals surface area contributed by atoms with Crippen molar-refractivity contribution in [3.63, 3.8) is 0 Å². The Kier molecular flexibility index (Phi) is 27.4. The Balaban J connectivity index is 0.000000307. The largest absolute Gasteiger partial charge is 0.409 e. The van der Waals surface area contributed by atoms with Crippen LogP contribution < -0.4 is 46.0 Å². The predicted molar refractivity (Wildman–Crippen MR) is 313 cm³/mol. The molecule has 8 aromatic rings. The zero-order valence-corrected chi connectivity index (χ0v) is 44.8. The van der Waals surface area contributed by atoms with E-state index in [0.29, 0.717) is 23.8 Å². The number of aromatic nitrogens is 1. The van der Waals surface area contributed by atoms with E-state index in [2.05, 4.69) is 50.4 Å². The highest BCUT2D eigenvalue weighted by Gasteiger charge is 2.04. The Morgan fingerprint density at radius 2 is 1.08 bits per heavy atom. The third kappa shape index (κ3) is 23.8. The second-order valence-electron chi connectivity index (χ2n) is 17.2. The SMILES string of the molecule is CON=C(N)c1cccc(C)c1.Cc1cc(CN)ccc1N.Cc1cc(F)cc(C(=N)N)c1.Cc1ccc(F)c(C(=N)N)c1.Cc1ccc2ccncc2c1.Cc1cccc(C(N)=NN)c1.Cc1cccc(C(N)=NO)c1. The van der Waals surface area contributed by atoms with Crippen LogP contribution in [0.1, 0.15) is 72.3 Å². The number of hydrogen-bond donors (Lipinski definition) is 11. The first-order chi connectivity index (χ1) is 36.5. The fourth-order valence-electron chi connectivity index (χ4n) is 6.50. The third-order valence-electron chi connectivity index (χ3n) is 10.5. The summed E-state index contributed by atoms with van der Waals surface area (Å²) in [5.74, 6) is 4.81. The van der Waals surface area contributed by atoms with Gasteiger partial charge in [-0.3, -0.25) is 15.8 Å². The first kappa shape index (κ1) is 63.4. The lowest BCUT2D eigenvalue weighted by atomic mass is 10.1. The van der Waals surface area contributed by atoms with Crippen molar-refractivity contribution in [3.8, 4) is 0 Å². The van der Waals surface area contributed by atoms with Crippen LogP contribution in [0.25, 0.3) is 10.8 Å². The van der Waals surface area contributed by atoms with Gasteiger partial charge in [0.2, 0.25) is 0 Å². The highest BCUT2D eigenvalue weighted by atomic mass is 19.1. The fraction of sp³-hybridized carbons (Fsp3) is 0.153. The van der Waals surface area contributed by atoms with Crippen LogP contribution in [0.3, 0.4) is 0 Å². The Morgan fingerprint density at radius 1 is 0.558 bits per heavy atom. The summed E-state index contributed by atoms with van der Waals surface area (Å²) < 4.78 is 25.4. The molecule has 0 spiro atoms. The first-order valence-electron chi connectivity index (χ1n) is 23.7. The number of hydrazone groups is 1. The topological polar surface area (TPSA) is 335 Å². The van der Waals surface area contributed by atoms with Crippen molar-refractivity contribution in [1.82, 2.24) is 4.98 Å². The molecule has 1 aromatic heterocycles. The highest BCUT2D eigenvalue weighted by Crippen LogP contribution is 2.14. The van der Waals surface area contributed by atoms with Gasteiger partial charge in [0.1, 0.15) is 36.3 Å². The smallest absolute Gasteiger partial charge is 0.170 e. The summed E-state index contributed by atoms with van der Waals surface area (Å²) in [4.78, 5) is 8.61. The molecule has 0 bridgehead atoms. The van der Waals surface area contributed by atoms with Gasteiger partial charge in [-0.1, -0.05) is 123 Å². The van der Waals surface area contributed by atoms with Gasteiger partial charge in [-0.15, -0.1) is 0 Å². The second kappa shape index (κ2) is 33.2. The summed E-state index contributed by atoms with van der Waals surface area (Å²) in [6.07, 6.45) is 3.71. The molecule has 16 nitrogen and oxygen atoms in total. The van der Waals surface area contributed by atoms with Crippen molar-refractivity contribution in [3.05, 3.63) is 248 Å². The second-order valence-corrected chi connectivity index (χ2v) is 17.2. The minimum absolute atomic E-state index is 0.104. The van der Waals surface area contributed by atoms with Gasteiger partial charge in [-0.2, -0.15) is 5.10 Å². The number of aryl methyl sites for hydroxylation is 7. The maximum Gasteiger partial charge on any atom is 0.170 e. The molecule has 0 atom stereocenters. The molecule has 0 saturated heterocycles. The van der Waals surface area contributed by atoms with E-state index in [1.54, 1.807) is 31.2 Å². The molecule has 18 heteroatoms. The van der Waals surface area contributed by atoms with Crippen molar-refractivity contribution in [1.29, 1.82) is 10.8 Å². The normalized spacial score (nSPS) is 10.6. The van der Waals surface area contributed by atoms with Crippen molar-refractivity contribution in [2.24, 2.45) is 55.7 Å². The van der Waals surface area contributed by atoms with Crippen LogP contribution in [0.2, 0.25) is 0 Å². The molecule has 0 unspecified atom stereocenters. The van der Waals surface area contributed by atoms with E-state index < -0.39 is 5.82 Å². The van der Waals surface area contributed by atoms with Crippen LogP contribution in [0.4, 0.5) is 14.5 Å². The zero-order valence-electron chi connectivity index (χ0n) is 44.8. The molecular formula is C59H72F2N14O2. The summed E-state index contributed by atoms with van der Waals surface area (Å²) in [5.41, 5.74) is 50.3. The molecule has 0 aliphatic carbocycles. The molecule has 404 valence electrons. The van der Waals surface area contributed by atoms with Crippen molar-refractivity contribution in [2.45, 2.75) is 55.0 Å². The van der Waals surface area contributed by atoms with E-state index in [9.17, 15) is 8.78 Å². The minimum atomic E-state index is -0.442. The minimum Gasteiger partial charge on any atom is -0.409 e. The third-order valence-corrected chi connectivity index (χ3v) is 10.5. The molecule has 7 aromatic carbocycles. The Labute approximate surface area is 450 Å². The number of nitrogen functional groups attached to an aromatic ring is 3. The monoisotopic (exact) mass is 1050 g/mol. The van der Waals surface area contributed by atoms with Crippen LogP contribution in [0.5, 0.6) is 0 Å². The number of nitrogens with two attached hydrogens (primary N) is 8. The van der Waals surface area contributed by atoms with E-state index in [4.69, 9.17) is 62.0 Å². The molecule has 19 N–H and O–H groups in total. The average Bonchev–Trinajstić information content (AvgIpc) is 3.40. The zero-order chi connectivity index (χ0) is 57.6. The number of amidine groups is 5. The number of nitrogens with one attached hydrogen (secondary N) is 2. The predicted octanol–water partition coefficient (Wildman–Crippen LogP) is 9.34. The van der Waals surface area contributed by atoms with Gasteiger partial charge in [0.15, 0.2) is 11.7 Å². The van der Waals surface area contributed by atoms with Gasteiger partial charge in [0, 0.05) is 52.3 Å². The van der Waals surface area contributed by atoms with E-state index in [0.717, 1.165) is 61.3 Å². The molecule has 0 aliphatic rings. The molecule has 77 heavy (non-hydrogen) atoms. The van der Waals surface area contributed by atoms with Crippen LogP contribution in [0.15, 0.2) is 179 Å². The van der Waals surface area contributed by atoms with Gasteiger partial charge in [-0.25, -0.2) is 8.78 Å². The van der Waals surface area contributed by atoms with Gasteiger partial charge in [0.05, 0.1) is 5.56 Å². The molecule has 0 saturated carbocycles. The lowest BCUT2D eigenvalue weighted by Gasteiger charge is -2.01. The number of rotatable bonds is 7. The lowest BCUT2D eigenvalue weighted by Crippen LogP contribution is -2.15. The van der Waals surface area contributed by atoms with Crippen LogP contribution in [-0.4, -0.2) is 46.5 Å². The summed E-state index contributed by atoms with van der Waals surface area (Å²) in [6.45, 7) is 14.2. The van der Waals surface area contributed by atoms with Gasteiger partial charge in [-0.05, 0) is 137 Å². The Morgan fingerprint density at radius 3 is 1.55 bits per heavy atom. The molecule has 8 rings (SSSR count). The fourth-order valence-corrected chi connectivity index (χ4v) is 6.50. The number of fused-ring (bicyclic) bond motifs is 1. The van der Waals surface area contributed by atoms with Crippen molar-refractivity contribution in [2.75, 3.05) is 12.8 Å². The summed E-state index contributed by atoms with van der Waals surface area (Å²) in [5, 5.41) is 34.8. The van der Waals surface area contributed by atoms with Gasteiger partial charge >= 0.3 is 0 Å². The Hall–Kier alpha value is -9.68. The molecule has 0 amide bonds. The lowest BCUT2D eigenvalue weighted by molar-refractivity contribution is 0.213. The van der Waals surface area contributed by atoms with Gasteiger partial charge < -0.3 is 56.0 Å². The number of benzene rings is 7. The van der Waals surface area contributed by atoms with E-state index in [1.807, 2.05) is 138 Å². The number of anilines is 1. The van der Waals surface area contributed by atoms with Gasteiger partial charge in [0.25, 0.3) is 0 Å². The molecule has 0 radical (unpaired) electrons. The summed E-state index contributed by atoms with van der Waals surface area (Å²) in [7, 11) is 1.47. The Bertz CT molecular complexity index is 3190. The quantitative estimate of drug-likeness (QED) is 0.0178. The summed E-state index contributed by atoms with van der Waals surface area (Å²) in [6, 6.07) is 46.0. The van der Waals surface area contributed by atoms with Crippen LogP contribution >= 0.6 is 0 Å². The first-order valence-corrected chi connectivity index (χ1v) is 23.7. The van der Waals surface area contributed by atoms with Crippen LogP contribution in [0, 0.1) is 70.9 Å². The number of halogens is 2. The molecule has 1 heterocycles. The molecule has 0 aliphatic heterocycles. The standard InChI is InChI=1S/C10H9N.C9H12N2O.2C8H9FN2.C8H11N3.C8H10N2O.C8H12N2/c1-8-2-3-9-4-5-11-7-10(9)6-8;1-7-4-3-5-8(6-7)9(10)11-12-2;1-5-2-6(8(10)11)4-7(9)3-5;1-5-2-3-7(9)6(4-5)8(10)11;1-6-3-2-4-7(5-6)8(9)11-10;1-6-3-2-4-7(5-6)8(9)10-11;1-6-4-7(5-9)2-3-8(6)10/h2-7H,1H3;3-6H,1-2H3,(H2,10,11);2*2-4H,1H3,(H3,10,11);2-5H,10H2,1H3,(H2,9,11);2-5,11H,1H3,(H2,9,10);2-4H,5,9-10H2,1H3. The van der Waals surface area contributed by atoms with Crippen LogP contribution in [-0.2, 0) is 11.4 Å². The highest BCUT2D eigenvalue weighted by molar-refractivity contribution is 5.98. The van der Waals surface area contributed by atoms with E-state index in [-0.39, 0.29) is 28.9 Å². The van der Waals surface area contributed by atoms with E-state index >= 15 is 0 Å². The number of pyridine rings is 1. The number of nitrogens with zero attached hydrogens (tertiary/aromatic N) is 4.